The Kier molecular flexibility index (Phi) is 5.67. The lowest BCUT2D eigenvalue weighted by Gasteiger charge is -2.28. The number of carboxylic acid groups (broad SMARTS) is 1. The Hall–Kier alpha value is -0.810. The van der Waals surface area contributed by atoms with Gasteiger partial charge in [0.1, 0.15) is 11.5 Å². The van der Waals surface area contributed by atoms with Gasteiger partial charge in [-0.3, -0.25) is 4.79 Å². The summed E-state index contributed by atoms with van der Waals surface area (Å²) >= 11 is 0. The number of hydrogen-bond donors (Lipinski definition) is 2. The van der Waals surface area contributed by atoms with Gasteiger partial charge in [0.25, 0.3) is 0 Å². The molecule has 0 fully saturated rings. The molecule has 1 rings (SSSR count). The van der Waals surface area contributed by atoms with E-state index in [-0.39, 0.29) is 16.6 Å². The average molecular weight is 328 g/mol. The Bertz CT molecular complexity index is 490. The number of carboxylic acids is 1. The van der Waals surface area contributed by atoms with Gasteiger partial charge in [0.05, 0.1) is 0 Å². The number of benzene rings is 1. The maximum atomic E-state index is 10.6. The summed E-state index contributed by atoms with van der Waals surface area (Å²) in [6, 6.07) is 3.92. The molecule has 0 aliphatic carbocycles. The standard InChI is InChI=1S/C16H24O3S2/c1-15(2,3)11-7-10(21-20-9-13(17)18)8-12(14(11)19)16(4,5)6/h7-8,19H,9H2,1-6H3,(H,17,18). The van der Waals surface area contributed by atoms with E-state index < -0.39 is 5.97 Å². The van der Waals surface area contributed by atoms with Crippen molar-refractivity contribution >= 4 is 27.6 Å². The molecule has 1 aromatic rings. The molecule has 0 aliphatic rings. The molecule has 5 heteroatoms. The summed E-state index contributed by atoms with van der Waals surface area (Å²) in [7, 11) is 2.74. The summed E-state index contributed by atoms with van der Waals surface area (Å²) in [5, 5.41) is 19.3. The third-order valence-electron chi connectivity index (χ3n) is 3.04. The largest absolute Gasteiger partial charge is 0.507 e. The first-order valence-corrected chi connectivity index (χ1v) is 9.14. The predicted molar refractivity (Wildman–Crippen MR) is 91.5 cm³/mol. The molecule has 0 amide bonds. The van der Waals surface area contributed by atoms with E-state index >= 15 is 0 Å². The van der Waals surface area contributed by atoms with Crippen LogP contribution < -0.4 is 0 Å². The molecule has 0 bridgehead atoms. The lowest BCUT2D eigenvalue weighted by atomic mass is 9.79. The first-order chi connectivity index (χ1) is 9.43. The topological polar surface area (TPSA) is 57.5 Å². The molecule has 0 radical (unpaired) electrons. The molecule has 0 aliphatic heterocycles. The molecule has 3 nitrogen and oxygen atoms in total. The molecule has 2 N–H and O–H groups in total. The van der Waals surface area contributed by atoms with Gasteiger partial charge in [0.15, 0.2) is 0 Å². The third kappa shape index (κ3) is 5.15. The Balaban J connectivity index is 3.24. The van der Waals surface area contributed by atoms with Crippen LogP contribution in [0.3, 0.4) is 0 Å². The summed E-state index contributed by atoms with van der Waals surface area (Å²) in [4.78, 5) is 11.6. The molecular formula is C16H24O3S2. The lowest BCUT2D eigenvalue weighted by Crippen LogP contribution is -2.17. The normalized spacial score (nSPS) is 12.5. The van der Waals surface area contributed by atoms with Gasteiger partial charge in [-0.05, 0) is 23.0 Å². The Labute approximate surface area is 134 Å². The van der Waals surface area contributed by atoms with Crippen LogP contribution in [0.1, 0.15) is 52.7 Å². The van der Waals surface area contributed by atoms with Crippen molar-refractivity contribution in [1.29, 1.82) is 0 Å². The predicted octanol–water partition coefficient (Wildman–Crippen LogP) is 4.81. The summed E-state index contributed by atoms with van der Waals surface area (Å²) in [5.41, 5.74) is 1.46. The van der Waals surface area contributed by atoms with Gasteiger partial charge in [-0.15, -0.1) is 0 Å². The van der Waals surface area contributed by atoms with E-state index in [1.165, 1.54) is 21.6 Å². The number of rotatable bonds is 4. The monoisotopic (exact) mass is 328 g/mol. The van der Waals surface area contributed by atoms with Crippen molar-refractivity contribution in [2.45, 2.75) is 57.3 Å². The molecule has 1 aromatic carbocycles. The van der Waals surface area contributed by atoms with Gasteiger partial charge < -0.3 is 10.2 Å². The van der Waals surface area contributed by atoms with Crippen LogP contribution in [0, 0.1) is 0 Å². The number of aliphatic carboxylic acids is 1. The quantitative estimate of drug-likeness (QED) is 0.777. The summed E-state index contributed by atoms with van der Waals surface area (Å²) in [5.74, 6) is -0.415. The van der Waals surface area contributed by atoms with Crippen molar-refractivity contribution in [1.82, 2.24) is 0 Å². The van der Waals surface area contributed by atoms with E-state index in [2.05, 4.69) is 41.5 Å². The highest BCUT2D eigenvalue weighted by Crippen LogP contribution is 2.43. The average Bonchev–Trinajstić information content (AvgIpc) is 2.27. The highest BCUT2D eigenvalue weighted by atomic mass is 33.1. The zero-order valence-electron chi connectivity index (χ0n) is 13.5. The van der Waals surface area contributed by atoms with Gasteiger partial charge in [0, 0.05) is 16.0 Å². The Morgan fingerprint density at radius 3 is 1.81 bits per heavy atom. The molecule has 0 saturated heterocycles. The second-order valence-corrected chi connectivity index (χ2v) is 9.48. The zero-order chi connectivity index (χ0) is 16.4. The molecule has 0 spiro atoms. The van der Waals surface area contributed by atoms with E-state index in [4.69, 9.17) is 5.11 Å². The van der Waals surface area contributed by atoms with Crippen molar-refractivity contribution in [3.05, 3.63) is 23.3 Å². The van der Waals surface area contributed by atoms with E-state index in [0.717, 1.165) is 16.0 Å². The maximum Gasteiger partial charge on any atom is 0.314 e. The number of carbonyl (C=O) groups is 1. The second-order valence-electron chi connectivity index (χ2n) is 7.11. The van der Waals surface area contributed by atoms with Crippen molar-refractivity contribution in [3.63, 3.8) is 0 Å². The molecule has 21 heavy (non-hydrogen) atoms. The number of phenolic OH excluding ortho intramolecular Hbond substituents is 1. The van der Waals surface area contributed by atoms with Crippen LogP contribution in [0.15, 0.2) is 17.0 Å². The smallest absolute Gasteiger partial charge is 0.314 e. The minimum absolute atomic E-state index is 0.0568. The molecule has 0 atom stereocenters. The van der Waals surface area contributed by atoms with Crippen LogP contribution in [-0.4, -0.2) is 21.9 Å². The molecule has 0 unspecified atom stereocenters. The minimum atomic E-state index is -0.821. The van der Waals surface area contributed by atoms with Crippen molar-refractivity contribution in [2.24, 2.45) is 0 Å². The SMILES string of the molecule is CC(C)(C)c1cc(SSCC(=O)O)cc(C(C)(C)C)c1O. The number of phenols is 1. The van der Waals surface area contributed by atoms with Crippen LogP contribution in [0.5, 0.6) is 5.75 Å². The van der Waals surface area contributed by atoms with E-state index in [0.29, 0.717) is 5.75 Å². The van der Waals surface area contributed by atoms with Crippen molar-refractivity contribution in [2.75, 3.05) is 5.75 Å². The first-order valence-electron chi connectivity index (χ1n) is 6.82. The van der Waals surface area contributed by atoms with Gasteiger partial charge in [0.2, 0.25) is 0 Å². The zero-order valence-corrected chi connectivity index (χ0v) is 15.1. The van der Waals surface area contributed by atoms with Gasteiger partial charge in [-0.2, -0.15) is 0 Å². The second kappa shape index (κ2) is 6.53. The molecule has 0 aromatic heterocycles. The Morgan fingerprint density at radius 2 is 1.48 bits per heavy atom. The van der Waals surface area contributed by atoms with Crippen LogP contribution in [-0.2, 0) is 15.6 Å². The van der Waals surface area contributed by atoms with Crippen LogP contribution in [0.25, 0.3) is 0 Å². The molecular weight excluding hydrogens is 304 g/mol. The molecule has 0 saturated carbocycles. The van der Waals surface area contributed by atoms with Crippen molar-refractivity contribution < 1.29 is 15.0 Å². The minimum Gasteiger partial charge on any atom is -0.507 e. The van der Waals surface area contributed by atoms with E-state index in [1.54, 1.807) is 0 Å². The van der Waals surface area contributed by atoms with Crippen LogP contribution in [0.4, 0.5) is 0 Å². The van der Waals surface area contributed by atoms with E-state index in [9.17, 15) is 9.90 Å². The van der Waals surface area contributed by atoms with Crippen LogP contribution >= 0.6 is 21.6 Å². The fourth-order valence-electron chi connectivity index (χ4n) is 1.95. The maximum absolute atomic E-state index is 10.6. The van der Waals surface area contributed by atoms with Gasteiger partial charge >= 0.3 is 5.97 Å². The molecule has 0 heterocycles. The summed E-state index contributed by atoms with van der Waals surface area (Å²) in [6.45, 7) is 12.4. The highest BCUT2D eigenvalue weighted by Gasteiger charge is 2.26. The third-order valence-corrected chi connectivity index (χ3v) is 5.23. The fraction of sp³-hybridized carbons (Fsp3) is 0.562. The Morgan fingerprint density at radius 1 is 1.05 bits per heavy atom. The van der Waals surface area contributed by atoms with Gasteiger partial charge in [-0.1, -0.05) is 63.1 Å². The first kappa shape index (κ1) is 18.2. The van der Waals surface area contributed by atoms with Gasteiger partial charge in [-0.25, -0.2) is 0 Å². The highest BCUT2D eigenvalue weighted by molar-refractivity contribution is 8.76. The van der Waals surface area contributed by atoms with E-state index in [1.807, 2.05) is 12.1 Å². The number of aromatic hydroxyl groups is 1. The summed E-state index contributed by atoms with van der Waals surface area (Å²) in [6.07, 6.45) is 0. The fourth-order valence-corrected chi connectivity index (χ4v) is 3.75. The summed E-state index contributed by atoms with van der Waals surface area (Å²) < 4.78 is 0. The van der Waals surface area contributed by atoms with Crippen molar-refractivity contribution in [3.8, 4) is 5.75 Å². The molecule has 118 valence electrons. The lowest BCUT2D eigenvalue weighted by molar-refractivity contribution is -0.133. The van der Waals surface area contributed by atoms with Crippen LogP contribution in [0.2, 0.25) is 0 Å². The number of hydrogen-bond acceptors (Lipinski definition) is 4.